The van der Waals surface area contributed by atoms with Crippen molar-refractivity contribution in [3.63, 3.8) is 0 Å². The van der Waals surface area contributed by atoms with Gasteiger partial charge in [0.25, 0.3) is 0 Å². The molecule has 2 heteroatoms. The van der Waals surface area contributed by atoms with Crippen molar-refractivity contribution in [1.82, 2.24) is 0 Å². The van der Waals surface area contributed by atoms with Gasteiger partial charge in [-0.15, -0.1) is 12.8 Å². The molecule has 2 aromatic rings. The zero-order chi connectivity index (χ0) is 15.9. The van der Waals surface area contributed by atoms with Crippen molar-refractivity contribution in [1.29, 1.82) is 0 Å². The summed E-state index contributed by atoms with van der Waals surface area (Å²) in [6, 6.07) is 15.4. The highest BCUT2D eigenvalue weighted by molar-refractivity contribution is 5.42. The highest BCUT2D eigenvalue weighted by Crippen LogP contribution is 2.33. The van der Waals surface area contributed by atoms with Crippen LogP contribution in [0.4, 0.5) is 0 Å². The van der Waals surface area contributed by atoms with E-state index in [2.05, 4.69) is 11.8 Å². The van der Waals surface area contributed by atoms with Crippen molar-refractivity contribution in [2.45, 2.75) is 11.8 Å². The van der Waals surface area contributed by atoms with Gasteiger partial charge in [-0.05, 0) is 35.4 Å². The van der Waals surface area contributed by atoms with Gasteiger partial charge < -0.3 is 9.47 Å². The van der Waals surface area contributed by atoms with Gasteiger partial charge in [-0.3, -0.25) is 0 Å². The molecule has 110 valence electrons. The van der Waals surface area contributed by atoms with Crippen LogP contribution in [-0.2, 0) is 0 Å². The minimum Gasteiger partial charge on any atom is -0.497 e. The van der Waals surface area contributed by atoms with Crippen molar-refractivity contribution in [3.05, 3.63) is 59.7 Å². The molecule has 0 aliphatic rings. The molecule has 0 spiro atoms. The average molecular weight is 290 g/mol. The van der Waals surface area contributed by atoms with Crippen molar-refractivity contribution >= 4 is 0 Å². The second-order valence-electron chi connectivity index (χ2n) is 4.83. The summed E-state index contributed by atoms with van der Waals surface area (Å²) in [5.41, 5.74) is 2.00. The molecular formula is C20H18O2. The summed E-state index contributed by atoms with van der Waals surface area (Å²) in [6.07, 6.45) is 11.5. The van der Waals surface area contributed by atoms with Crippen molar-refractivity contribution in [3.8, 4) is 36.2 Å². The molecule has 0 N–H and O–H groups in total. The van der Waals surface area contributed by atoms with Gasteiger partial charge in [-0.25, -0.2) is 0 Å². The molecule has 0 bridgehead atoms. The molecule has 0 aliphatic heterocycles. The molecule has 2 rings (SSSR count). The second-order valence-corrected chi connectivity index (χ2v) is 4.83. The number of rotatable bonds is 5. The van der Waals surface area contributed by atoms with E-state index in [9.17, 15) is 0 Å². The maximum absolute atomic E-state index is 5.74. The first-order valence-electron chi connectivity index (χ1n) is 6.93. The molecule has 0 amide bonds. The van der Waals surface area contributed by atoms with Crippen LogP contribution in [0.25, 0.3) is 0 Å². The number of hydrogen-bond acceptors (Lipinski definition) is 2. The SMILES string of the molecule is C#C[C@H](c1ccc(OC)cc1)[C@@H](C#C)c1ccc(OC)cc1. The van der Waals surface area contributed by atoms with E-state index < -0.39 is 0 Å². The van der Waals surface area contributed by atoms with Gasteiger partial charge in [0.15, 0.2) is 0 Å². The third-order valence-corrected chi connectivity index (χ3v) is 3.64. The lowest BCUT2D eigenvalue weighted by molar-refractivity contribution is 0.414. The molecule has 2 nitrogen and oxygen atoms in total. The van der Waals surface area contributed by atoms with Gasteiger partial charge in [0.1, 0.15) is 11.5 Å². The first kappa shape index (κ1) is 15.5. The molecule has 0 unspecified atom stereocenters. The zero-order valence-electron chi connectivity index (χ0n) is 12.7. The molecule has 22 heavy (non-hydrogen) atoms. The van der Waals surface area contributed by atoms with Gasteiger partial charge in [0.2, 0.25) is 0 Å². The molecular weight excluding hydrogens is 272 g/mol. The first-order valence-corrected chi connectivity index (χ1v) is 6.93. The molecule has 0 aliphatic carbocycles. The number of terminal acetylenes is 2. The number of ether oxygens (including phenoxy) is 2. The van der Waals surface area contributed by atoms with E-state index in [4.69, 9.17) is 22.3 Å². The maximum Gasteiger partial charge on any atom is 0.118 e. The molecule has 2 atom stereocenters. The normalized spacial score (nSPS) is 12.5. The van der Waals surface area contributed by atoms with Gasteiger partial charge in [0, 0.05) is 0 Å². The standard InChI is InChI=1S/C20H18O2/c1-5-19(15-7-11-17(21-3)12-8-15)20(6-2)16-9-13-18(22-4)14-10-16/h1-2,7-14,19-20H,3-4H3/t19-,20+. The van der Waals surface area contributed by atoms with Crippen LogP contribution in [0.2, 0.25) is 0 Å². The second kappa shape index (κ2) is 7.25. The molecule has 0 fully saturated rings. The highest BCUT2D eigenvalue weighted by Gasteiger charge is 2.21. The van der Waals surface area contributed by atoms with Gasteiger partial charge in [0.05, 0.1) is 26.1 Å². The Balaban J connectivity index is 2.33. The summed E-state index contributed by atoms with van der Waals surface area (Å²) in [5.74, 6) is 6.84. The Morgan fingerprint density at radius 1 is 0.682 bits per heavy atom. The topological polar surface area (TPSA) is 18.5 Å². The summed E-state index contributed by atoms with van der Waals surface area (Å²) in [6.45, 7) is 0. The monoisotopic (exact) mass is 290 g/mol. The van der Waals surface area contributed by atoms with E-state index in [-0.39, 0.29) is 11.8 Å². The smallest absolute Gasteiger partial charge is 0.118 e. The lowest BCUT2D eigenvalue weighted by Gasteiger charge is -2.19. The van der Waals surface area contributed by atoms with Crippen molar-refractivity contribution < 1.29 is 9.47 Å². The third-order valence-electron chi connectivity index (χ3n) is 3.64. The van der Waals surface area contributed by atoms with Gasteiger partial charge >= 0.3 is 0 Å². The quantitative estimate of drug-likeness (QED) is 0.779. The molecule has 0 radical (unpaired) electrons. The predicted molar refractivity (Wildman–Crippen MR) is 89.1 cm³/mol. The summed E-state index contributed by atoms with van der Waals surface area (Å²) >= 11 is 0. The van der Waals surface area contributed by atoms with Crippen LogP contribution >= 0.6 is 0 Å². The van der Waals surface area contributed by atoms with Crippen LogP contribution < -0.4 is 9.47 Å². The van der Waals surface area contributed by atoms with E-state index >= 15 is 0 Å². The molecule has 2 aromatic carbocycles. The molecule has 0 saturated carbocycles. The fourth-order valence-electron chi connectivity index (χ4n) is 2.39. The number of hydrogen-bond donors (Lipinski definition) is 0. The van der Waals surface area contributed by atoms with Crippen molar-refractivity contribution in [2.75, 3.05) is 14.2 Å². The fourth-order valence-corrected chi connectivity index (χ4v) is 2.39. The van der Waals surface area contributed by atoms with E-state index in [1.54, 1.807) is 14.2 Å². The highest BCUT2D eigenvalue weighted by atomic mass is 16.5. The Kier molecular flexibility index (Phi) is 5.12. The summed E-state index contributed by atoms with van der Waals surface area (Å²) in [7, 11) is 3.27. The van der Waals surface area contributed by atoms with E-state index in [0.29, 0.717) is 0 Å². The van der Waals surface area contributed by atoms with Crippen LogP contribution in [-0.4, -0.2) is 14.2 Å². The Hall–Kier alpha value is -2.84. The van der Waals surface area contributed by atoms with Crippen LogP contribution in [0, 0.1) is 24.7 Å². The number of benzene rings is 2. The summed E-state index contributed by atoms with van der Waals surface area (Å²) in [4.78, 5) is 0. The largest absolute Gasteiger partial charge is 0.497 e. The minimum atomic E-state index is -0.190. The summed E-state index contributed by atoms with van der Waals surface area (Å²) < 4.78 is 10.3. The van der Waals surface area contributed by atoms with Crippen LogP contribution in [0.5, 0.6) is 11.5 Å². The van der Waals surface area contributed by atoms with E-state index in [1.807, 2.05) is 48.5 Å². The third kappa shape index (κ3) is 3.25. The lowest BCUT2D eigenvalue weighted by Crippen LogP contribution is -2.08. The van der Waals surface area contributed by atoms with Gasteiger partial charge in [-0.2, -0.15) is 0 Å². The molecule has 0 aromatic heterocycles. The lowest BCUT2D eigenvalue weighted by atomic mass is 9.82. The number of methoxy groups -OCH3 is 2. The first-order chi connectivity index (χ1) is 10.7. The van der Waals surface area contributed by atoms with Gasteiger partial charge in [-0.1, -0.05) is 36.1 Å². The molecule has 0 heterocycles. The fraction of sp³-hybridized carbons (Fsp3) is 0.200. The zero-order valence-corrected chi connectivity index (χ0v) is 12.7. The Morgan fingerprint density at radius 3 is 1.23 bits per heavy atom. The van der Waals surface area contributed by atoms with E-state index in [1.165, 1.54) is 0 Å². The van der Waals surface area contributed by atoms with E-state index in [0.717, 1.165) is 22.6 Å². The van der Waals surface area contributed by atoms with Crippen LogP contribution in [0.1, 0.15) is 23.0 Å². The average Bonchev–Trinajstić information content (AvgIpc) is 2.60. The minimum absolute atomic E-state index is 0.190. The Morgan fingerprint density at radius 2 is 1.00 bits per heavy atom. The van der Waals surface area contributed by atoms with Crippen molar-refractivity contribution in [2.24, 2.45) is 0 Å². The maximum atomic E-state index is 5.74. The Bertz CT molecular complexity index is 621. The summed E-state index contributed by atoms with van der Waals surface area (Å²) in [5, 5.41) is 0. The predicted octanol–water partition coefficient (Wildman–Crippen LogP) is 3.84. The van der Waals surface area contributed by atoms with Crippen LogP contribution in [0.15, 0.2) is 48.5 Å². The molecule has 0 saturated heterocycles. The Labute approximate surface area is 132 Å². The van der Waals surface area contributed by atoms with Crippen LogP contribution in [0.3, 0.4) is 0 Å².